The molecule has 66 valence electrons. The van der Waals surface area contributed by atoms with Crippen molar-refractivity contribution < 1.29 is 14.4 Å². The van der Waals surface area contributed by atoms with Crippen LogP contribution in [0.1, 0.15) is 20.3 Å². The van der Waals surface area contributed by atoms with E-state index >= 15 is 0 Å². The lowest BCUT2D eigenvalue weighted by atomic mass is 9.91. The summed E-state index contributed by atoms with van der Waals surface area (Å²) >= 11 is 0. The van der Waals surface area contributed by atoms with Crippen molar-refractivity contribution in [2.24, 2.45) is 5.92 Å². The average molecular weight is 169 g/mol. The summed E-state index contributed by atoms with van der Waals surface area (Å²) in [6.45, 7) is 2.95. The highest BCUT2D eigenvalue weighted by atomic mass is 16.2. The molecule has 2 unspecified atom stereocenters. The van der Waals surface area contributed by atoms with E-state index in [0.717, 1.165) is 0 Å². The SMILES string of the molecule is CC(=O)C1CC(=O)C(C)NC1=O. The summed E-state index contributed by atoms with van der Waals surface area (Å²) < 4.78 is 0. The summed E-state index contributed by atoms with van der Waals surface area (Å²) in [5.41, 5.74) is 0. The quantitative estimate of drug-likeness (QED) is 0.546. The Hall–Kier alpha value is -1.19. The second-order valence-electron chi connectivity index (χ2n) is 3.06. The van der Waals surface area contributed by atoms with Crippen LogP contribution in [-0.2, 0) is 14.4 Å². The van der Waals surface area contributed by atoms with Gasteiger partial charge in [-0.05, 0) is 13.8 Å². The van der Waals surface area contributed by atoms with E-state index in [1.807, 2.05) is 0 Å². The molecule has 1 fully saturated rings. The zero-order chi connectivity index (χ0) is 9.30. The van der Waals surface area contributed by atoms with Gasteiger partial charge in [-0.2, -0.15) is 0 Å². The summed E-state index contributed by atoms with van der Waals surface area (Å²) in [7, 11) is 0. The van der Waals surface area contributed by atoms with Crippen molar-refractivity contribution in [3.8, 4) is 0 Å². The molecule has 0 saturated carbocycles. The van der Waals surface area contributed by atoms with Gasteiger partial charge in [0.2, 0.25) is 5.91 Å². The van der Waals surface area contributed by atoms with Gasteiger partial charge in [-0.1, -0.05) is 0 Å². The molecule has 0 aliphatic carbocycles. The van der Waals surface area contributed by atoms with Crippen LogP contribution in [0.5, 0.6) is 0 Å². The lowest BCUT2D eigenvalue weighted by molar-refractivity contribution is -0.141. The van der Waals surface area contributed by atoms with Gasteiger partial charge < -0.3 is 5.32 Å². The zero-order valence-corrected chi connectivity index (χ0v) is 7.09. The molecule has 0 spiro atoms. The predicted octanol–water partition coefficient (Wildman–Crippen LogP) is -0.331. The third-order valence-corrected chi connectivity index (χ3v) is 2.05. The lowest BCUT2D eigenvalue weighted by Crippen LogP contribution is -2.50. The molecule has 4 nitrogen and oxygen atoms in total. The van der Waals surface area contributed by atoms with E-state index in [2.05, 4.69) is 5.32 Å². The maximum absolute atomic E-state index is 11.1. The van der Waals surface area contributed by atoms with Crippen LogP contribution in [0.15, 0.2) is 0 Å². The van der Waals surface area contributed by atoms with Crippen LogP contribution < -0.4 is 5.32 Å². The van der Waals surface area contributed by atoms with Crippen molar-refractivity contribution in [3.63, 3.8) is 0 Å². The van der Waals surface area contributed by atoms with Gasteiger partial charge in [0.1, 0.15) is 11.7 Å². The van der Waals surface area contributed by atoms with Crippen LogP contribution in [0.4, 0.5) is 0 Å². The Kier molecular flexibility index (Phi) is 2.26. The first-order valence-electron chi connectivity index (χ1n) is 3.86. The van der Waals surface area contributed by atoms with Crippen molar-refractivity contribution in [1.29, 1.82) is 0 Å². The van der Waals surface area contributed by atoms with Gasteiger partial charge >= 0.3 is 0 Å². The molecule has 1 heterocycles. The Labute approximate surface area is 70.3 Å². The van der Waals surface area contributed by atoms with Crippen LogP contribution in [0.3, 0.4) is 0 Å². The minimum Gasteiger partial charge on any atom is -0.346 e. The molecular weight excluding hydrogens is 158 g/mol. The highest BCUT2D eigenvalue weighted by Crippen LogP contribution is 2.12. The number of ketones is 2. The fourth-order valence-electron chi connectivity index (χ4n) is 1.19. The van der Waals surface area contributed by atoms with E-state index in [9.17, 15) is 14.4 Å². The summed E-state index contributed by atoms with van der Waals surface area (Å²) in [5.74, 6) is -1.40. The zero-order valence-electron chi connectivity index (χ0n) is 7.09. The van der Waals surface area contributed by atoms with E-state index in [1.165, 1.54) is 6.92 Å². The van der Waals surface area contributed by atoms with Crippen LogP contribution in [0.25, 0.3) is 0 Å². The van der Waals surface area contributed by atoms with Crippen molar-refractivity contribution >= 4 is 17.5 Å². The van der Waals surface area contributed by atoms with E-state index in [-0.39, 0.29) is 23.9 Å². The van der Waals surface area contributed by atoms with Crippen molar-refractivity contribution in [3.05, 3.63) is 0 Å². The van der Waals surface area contributed by atoms with E-state index in [4.69, 9.17) is 0 Å². The number of rotatable bonds is 1. The molecule has 0 radical (unpaired) electrons. The summed E-state index contributed by atoms with van der Waals surface area (Å²) in [6.07, 6.45) is 0.0579. The Morgan fingerprint density at radius 3 is 2.58 bits per heavy atom. The number of amides is 1. The van der Waals surface area contributed by atoms with Crippen LogP contribution in [-0.4, -0.2) is 23.5 Å². The third-order valence-electron chi connectivity index (χ3n) is 2.05. The average Bonchev–Trinajstić information content (AvgIpc) is 1.96. The van der Waals surface area contributed by atoms with Gasteiger partial charge in [0, 0.05) is 6.42 Å². The van der Waals surface area contributed by atoms with Gasteiger partial charge in [0.25, 0.3) is 0 Å². The molecule has 0 aromatic rings. The molecule has 1 N–H and O–H groups in total. The minimum atomic E-state index is -0.756. The first kappa shape index (κ1) is 8.90. The Bertz CT molecular complexity index is 247. The highest BCUT2D eigenvalue weighted by molar-refractivity contribution is 6.08. The maximum atomic E-state index is 11.1. The number of hydrogen-bond acceptors (Lipinski definition) is 3. The lowest BCUT2D eigenvalue weighted by Gasteiger charge is -2.23. The number of carbonyl (C=O) groups excluding carboxylic acids is 3. The molecule has 1 amide bonds. The first-order valence-corrected chi connectivity index (χ1v) is 3.86. The molecule has 0 aromatic heterocycles. The topological polar surface area (TPSA) is 63.2 Å². The summed E-state index contributed by atoms with van der Waals surface area (Å²) in [5, 5.41) is 2.45. The Morgan fingerprint density at radius 1 is 1.50 bits per heavy atom. The van der Waals surface area contributed by atoms with Crippen molar-refractivity contribution in [1.82, 2.24) is 5.32 Å². The second kappa shape index (κ2) is 3.05. The molecule has 0 bridgehead atoms. The number of carbonyl (C=O) groups is 3. The second-order valence-corrected chi connectivity index (χ2v) is 3.06. The molecule has 12 heavy (non-hydrogen) atoms. The molecule has 1 aliphatic rings. The number of piperidine rings is 1. The number of hydrogen-bond donors (Lipinski definition) is 1. The van der Waals surface area contributed by atoms with Gasteiger partial charge in [0.15, 0.2) is 5.78 Å². The van der Waals surface area contributed by atoms with Gasteiger partial charge in [-0.3, -0.25) is 14.4 Å². The van der Waals surface area contributed by atoms with E-state index in [1.54, 1.807) is 6.92 Å². The number of nitrogens with one attached hydrogen (secondary N) is 1. The highest BCUT2D eigenvalue weighted by Gasteiger charge is 2.34. The predicted molar refractivity (Wildman–Crippen MR) is 41.4 cm³/mol. The summed E-state index contributed by atoms with van der Waals surface area (Å²) in [6, 6.07) is -0.437. The minimum absolute atomic E-state index is 0.0579. The van der Waals surface area contributed by atoms with E-state index < -0.39 is 12.0 Å². The van der Waals surface area contributed by atoms with Crippen molar-refractivity contribution in [2.45, 2.75) is 26.3 Å². The van der Waals surface area contributed by atoms with Crippen LogP contribution in [0, 0.1) is 5.92 Å². The van der Waals surface area contributed by atoms with Gasteiger partial charge in [-0.15, -0.1) is 0 Å². The molecule has 0 aromatic carbocycles. The molecule has 2 atom stereocenters. The first-order chi connectivity index (χ1) is 5.52. The smallest absolute Gasteiger partial charge is 0.231 e. The van der Waals surface area contributed by atoms with Crippen molar-refractivity contribution in [2.75, 3.05) is 0 Å². The Balaban J connectivity index is 2.75. The third kappa shape index (κ3) is 1.52. The normalized spacial score (nSPS) is 29.8. The van der Waals surface area contributed by atoms with Gasteiger partial charge in [-0.25, -0.2) is 0 Å². The fraction of sp³-hybridized carbons (Fsp3) is 0.625. The molecule has 1 aliphatic heterocycles. The van der Waals surface area contributed by atoms with Gasteiger partial charge in [0.05, 0.1) is 6.04 Å². The monoisotopic (exact) mass is 169 g/mol. The maximum Gasteiger partial charge on any atom is 0.231 e. The van der Waals surface area contributed by atoms with E-state index in [0.29, 0.717) is 0 Å². The molecule has 1 rings (SSSR count). The van der Waals surface area contributed by atoms with Crippen LogP contribution >= 0.6 is 0 Å². The Morgan fingerprint density at radius 2 is 2.08 bits per heavy atom. The summed E-state index contributed by atoms with van der Waals surface area (Å²) in [4.78, 5) is 33.0. The molecule has 1 saturated heterocycles. The largest absolute Gasteiger partial charge is 0.346 e. The van der Waals surface area contributed by atoms with Crippen LogP contribution in [0.2, 0.25) is 0 Å². The fourth-order valence-corrected chi connectivity index (χ4v) is 1.19. The standard InChI is InChI=1S/C8H11NO3/c1-4-7(11)3-6(5(2)10)8(12)9-4/h4,6H,3H2,1-2H3,(H,9,12). The number of Topliss-reactive ketones (excluding diaryl/α,β-unsaturated/α-hetero) is 2. The molecule has 4 heteroatoms. The molecular formula is C8H11NO3.